The van der Waals surface area contributed by atoms with E-state index in [1.54, 1.807) is 0 Å². The van der Waals surface area contributed by atoms with Crippen LogP contribution in [0.2, 0.25) is 0 Å². The van der Waals surface area contributed by atoms with Crippen LogP contribution in [-0.4, -0.2) is 23.2 Å². The van der Waals surface area contributed by atoms with Crippen LogP contribution in [0.3, 0.4) is 0 Å². The summed E-state index contributed by atoms with van der Waals surface area (Å²) >= 11 is 0. The number of carbonyl (C=O) groups is 1. The van der Waals surface area contributed by atoms with Crippen molar-refractivity contribution in [3.8, 4) is 0 Å². The van der Waals surface area contributed by atoms with E-state index in [2.05, 4.69) is 5.32 Å². The fraction of sp³-hybridized carbons (Fsp3) is 0.500. The second-order valence-corrected chi connectivity index (χ2v) is 5.51. The third kappa shape index (κ3) is 2.48. The van der Waals surface area contributed by atoms with E-state index in [9.17, 15) is 9.90 Å². The molecule has 1 aromatic carbocycles. The maximum absolute atomic E-state index is 12.1. The summed E-state index contributed by atoms with van der Waals surface area (Å²) in [5.41, 5.74) is 2.12. The molecule has 4 nitrogen and oxygen atoms in total. The molecule has 4 heteroatoms. The molecule has 1 unspecified atom stereocenters. The molecule has 1 atom stereocenters. The van der Waals surface area contributed by atoms with E-state index < -0.39 is 5.60 Å². The predicted octanol–water partition coefficient (Wildman–Crippen LogP) is 2.03. The van der Waals surface area contributed by atoms with Gasteiger partial charge < -0.3 is 15.2 Å². The van der Waals surface area contributed by atoms with Gasteiger partial charge in [0.1, 0.15) is 11.5 Å². The molecule has 2 rings (SSSR count). The molecule has 0 saturated heterocycles. The Morgan fingerprint density at radius 1 is 1.50 bits per heavy atom. The molecule has 18 heavy (non-hydrogen) atoms. The molecule has 0 aliphatic carbocycles. The monoisotopic (exact) mass is 249 g/mol. The molecule has 0 aromatic heterocycles. The summed E-state index contributed by atoms with van der Waals surface area (Å²) in [6.07, 6.45) is 0. The van der Waals surface area contributed by atoms with Gasteiger partial charge in [0.25, 0.3) is 0 Å². The average Bonchev–Trinajstić information content (AvgIpc) is 2.69. The number of ether oxygens (including phenoxy) is 1. The van der Waals surface area contributed by atoms with E-state index in [1.165, 1.54) is 0 Å². The predicted molar refractivity (Wildman–Crippen MR) is 69.4 cm³/mol. The smallest absolute Gasteiger partial charge is 0.315 e. The number of aliphatic hydroxyl groups is 1. The Morgan fingerprint density at radius 2 is 2.22 bits per heavy atom. The maximum Gasteiger partial charge on any atom is 0.315 e. The fourth-order valence-electron chi connectivity index (χ4n) is 2.16. The van der Waals surface area contributed by atoms with Gasteiger partial charge in [0.05, 0.1) is 6.61 Å². The molecule has 2 N–H and O–H groups in total. The summed E-state index contributed by atoms with van der Waals surface area (Å²) in [6, 6.07) is 5.61. The Morgan fingerprint density at radius 3 is 2.83 bits per heavy atom. The van der Waals surface area contributed by atoms with Crippen LogP contribution in [0.15, 0.2) is 18.2 Å². The summed E-state index contributed by atoms with van der Waals surface area (Å²) < 4.78 is 5.41. The molecular formula is C14H19NO3. The second-order valence-electron chi connectivity index (χ2n) is 5.51. The molecule has 0 spiro atoms. The number of hydrogen-bond donors (Lipinski definition) is 2. The third-order valence-corrected chi connectivity index (χ3v) is 2.90. The molecule has 0 fully saturated rings. The molecule has 1 aliphatic rings. The number of rotatable bonds is 2. The van der Waals surface area contributed by atoms with Crippen LogP contribution in [0, 0.1) is 0 Å². The Kier molecular flexibility index (Phi) is 3.30. The van der Waals surface area contributed by atoms with Gasteiger partial charge in [-0.2, -0.15) is 0 Å². The number of esters is 1. The molecule has 0 saturated carbocycles. The number of carbonyl (C=O) groups excluding carboxylic acids is 1. The molecule has 1 aromatic rings. The largest absolute Gasteiger partial charge is 0.459 e. The topological polar surface area (TPSA) is 58.6 Å². The normalized spacial score (nSPS) is 18.1. The number of fused-ring (bicyclic) bond motifs is 1. The number of nitrogens with one attached hydrogen (secondary N) is 1. The van der Waals surface area contributed by atoms with E-state index in [0.717, 1.165) is 16.8 Å². The van der Waals surface area contributed by atoms with E-state index >= 15 is 0 Å². The summed E-state index contributed by atoms with van der Waals surface area (Å²) in [5.74, 6) is -0.505. The lowest BCUT2D eigenvalue weighted by Gasteiger charge is -2.22. The maximum atomic E-state index is 12.1. The van der Waals surface area contributed by atoms with Gasteiger partial charge >= 0.3 is 5.97 Å². The molecule has 1 heterocycles. The van der Waals surface area contributed by atoms with Crippen molar-refractivity contribution >= 4 is 11.7 Å². The van der Waals surface area contributed by atoms with Crippen LogP contribution in [0.1, 0.15) is 37.8 Å². The van der Waals surface area contributed by atoms with Crippen LogP contribution in [0.5, 0.6) is 0 Å². The first kappa shape index (κ1) is 12.9. The zero-order chi connectivity index (χ0) is 13.3. The minimum absolute atomic E-state index is 0.0305. The van der Waals surface area contributed by atoms with Gasteiger partial charge in [0.15, 0.2) is 0 Å². The van der Waals surface area contributed by atoms with Crippen molar-refractivity contribution in [2.75, 3.05) is 11.9 Å². The lowest BCUT2D eigenvalue weighted by molar-refractivity contribution is -0.156. The quantitative estimate of drug-likeness (QED) is 0.787. The van der Waals surface area contributed by atoms with Crippen LogP contribution in [-0.2, 0) is 16.1 Å². The SMILES string of the molecule is CC(C)(C)OC(=O)C1CNc2c(CO)cccc21. The Labute approximate surface area is 107 Å². The average molecular weight is 249 g/mol. The summed E-state index contributed by atoms with van der Waals surface area (Å²) in [7, 11) is 0. The van der Waals surface area contributed by atoms with E-state index in [4.69, 9.17) is 4.74 Å². The summed E-state index contributed by atoms with van der Waals surface area (Å²) in [6.45, 7) is 6.08. The van der Waals surface area contributed by atoms with Crippen LogP contribution >= 0.6 is 0 Å². The highest BCUT2D eigenvalue weighted by Crippen LogP contribution is 2.35. The van der Waals surface area contributed by atoms with Crippen molar-refractivity contribution in [3.05, 3.63) is 29.3 Å². The van der Waals surface area contributed by atoms with Crippen LogP contribution in [0.4, 0.5) is 5.69 Å². The highest BCUT2D eigenvalue weighted by molar-refractivity contribution is 5.85. The Bertz CT molecular complexity index is 463. The van der Waals surface area contributed by atoms with Gasteiger partial charge in [-0.15, -0.1) is 0 Å². The van der Waals surface area contributed by atoms with Gasteiger partial charge in [-0.25, -0.2) is 0 Å². The first-order valence-corrected chi connectivity index (χ1v) is 6.12. The molecule has 1 aliphatic heterocycles. The van der Waals surface area contributed by atoms with E-state index in [-0.39, 0.29) is 18.5 Å². The fourth-order valence-corrected chi connectivity index (χ4v) is 2.16. The van der Waals surface area contributed by atoms with E-state index in [0.29, 0.717) is 6.54 Å². The molecule has 0 radical (unpaired) electrons. The molecule has 0 bridgehead atoms. The summed E-state index contributed by atoms with van der Waals surface area (Å²) in [5, 5.41) is 12.4. The van der Waals surface area contributed by atoms with Crippen molar-refractivity contribution < 1.29 is 14.6 Å². The van der Waals surface area contributed by atoms with Crippen molar-refractivity contribution in [2.45, 2.75) is 38.9 Å². The number of benzene rings is 1. The van der Waals surface area contributed by atoms with Crippen molar-refractivity contribution in [3.63, 3.8) is 0 Å². The number of para-hydroxylation sites is 1. The Hall–Kier alpha value is -1.55. The second kappa shape index (κ2) is 4.61. The van der Waals surface area contributed by atoms with Gasteiger partial charge in [-0.1, -0.05) is 18.2 Å². The molecular weight excluding hydrogens is 230 g/mol. The molecule has 98 valence electrons. The van der Waals surface area contributed by atoms with Gasteiger partial charge in [0, 0.05) is 17.8 Å². The zero-order valence-corrected chi connectivity index (χ0v) is 11.0. The number of anilines is 1. The van der Waals surface area contributed by atoms with Crippen molar-refractivity contribution in [1.29, 1.82) is 0 Å². The Balaban J connectivity index is 2.24. The van der Waals surface area contributed by atoms with Gasteiger partial charge in [0.2, 0.25) is 0 Å². The third-order valence-electron chi connectivity index (χ3n) is 2.90. The first-order valence-electron chi connectivity index (χ1n) is 6.12. The van der Waals surface area contributed by atoms with Crippen molar-refractivity contribution in [2.24, 2.45) is 0 Å². The lowest BCUT2D eigenvalue weighted by Crippen LogP contribution is -2.28. The highest BCUT2D eigenvalue weighted by atomic mass is 16.6. The van der Waals surface area contributed by atoms with Gasteiger partial charge in [-0.3, -0.25) is 4.79 Å². The van der Waals surface area contributed by atoms with Gasteiger partial charge in [-0.05, 0) is 26.3 Å². The lowest BCUT2D eigenvalue weighted by atomic mass is 9.99. The first-order chi connectivity index (χ1) is 8.42. The minimum Gasteiger partial charge on any atom is -0.459 e. The van der Waals surface area contributed by atoms with Crippen LogP contribution in [0.25, 0.3) is 0 Å². The number of aliphatic hydroxyl groups excluding tert-OH is 1. The highest BCUT2D eigenvalue weighted by Gasteiger charge is 2.33. The van der Waals surface area contributed by atoms with Crippen LogP contribution < -0.4 is 5.32 Å². The van der Waals surface area contributed by atoms with E-state index in [1.807, 2.05) is 39.0 Å². The minimum atomic E-state index is -0.478. The summed E-state index contributed by atoms with van der Waals surface area (Å²) in [4.78, 5) is 12.1. The van der Waals surface area contributed by atoms with Crippen molar-refractivity contribution in [1.82, 2.24) is 0 Å². The zero-order valence-electron chi connectivity index (χ0n) is 11.0. The molecule has 0 amide bonds. The standard InChI is InChI=1S/C14H19NO3/c1-14(2,3)18-13(17)11-7-15-12-9(8-16)5-4-6-10(11)12/h4-6,11,15-16H,7-8H2,1-3H3. The number of hydrogen-bond acceptors (Lipinski definition) is 4.